The van der Waals surface area contributed by atoms with Crippen molar-refractivity contribution in [3.63, 3.8) is 0 Å². The molecule has 8 aromatic carbocycles. The van der Waals surface area contributed by atoms with Crippen LogP contribution in [0, 0.1) is 111 Å². The average molecular weight is 1110 g/mol. The molecule has 0 nitrogen and oxygen atoms in total. The molecule has 0 heteroatoms. The number of hydrogen-bond donors (Lipinski definition) is 0. The van der Waals surface area contributed by atoms with Crippen LogP contribution in [0.25, 0.3) is 0 Å². The molecule has 84 heavy (non-hydrogen) atoms. The third-order valence-corrected chi connectivity index (χ3v) is 20.6. The quantitative estimate of drug-likeness (QED) is 0.142. The van der Waals surface area contributed by atoms with Gasteiger partial charge in [0.05, 0.1) is 0 Å². The molecule has 2 aliphatic carbocycles. The molecule has 0 radical (unpaired) electrons. The highest BCUT2D eigenvalue weighted by molar-refractivity contribution is 5.57. The molecular formula is C84H104. The van der Waals surface area contributed by atoms with Crippen LogP contribution in [0.3, 0.4) is 0 Å². The van der Waals surface area contributed by atoms with E-state index in [9.17, 15) is 0 Å². The first-order valence-corrected chi connectivity index (χ1v) is 32.8. The number of hydrogen-bond acceptors (Lipinski definition) is 0. The zero-order valence-corrected chi connectivity index (χ0v) is 56.0. The minimum Gasteiger partial charge on any atom is -0.0653 e. The van der Waals surface area contributed by atoms with E-state index in [0.717, 1.165) is 25.7 Å². The van der Waals surface area contributed by atoms with Crippen molar-refractivity contribution in [1.29, 1.82) is 0 Å². The predicted molar refractivity (Wildman–Crippen MR) is 366 cm³/mol. The van der Waals surface area contributed by atoms with Crippen molar-refractivity contribution in [2.45, 2.75) is 239 Å². The lowest BCUT2D eigenvalue weighted by molar-refractivity contribution is 0.672. The fraction of sp³-hybridized carbons (Fsp3) is 0.429. The fourth-order valence-corrected chi connectivity index (χ4v) is 15.8. The van der Waals surface area contributed by atoms with E-state index in [1.165, 1.54) is 229 Å². The first-order chi connectivity index (χ1) is 40.0. The Kier molecular flexibility index (Phi) is 19.4. The molecule has 440 valence electrons. The minimum absolute atomic E-state index is 0.410. The molecule has 16 bridgehead atoms. The summed E-state index contributed by atoms with van der Waals surface area (Å²) in [4.78, 5) is 0. The molecule has 0 aromatic heterocycles. The van der Waals surface area contributed by atoms with E-state index in [-0.39, 0.29) is 0 Å². The first-order valence-electron chi connectivity index (χ1n) is 32.8. The zero-order chi connectivity index (χ0) is 60.6. The van der Waals surface area contributed by atoms with E-state index in [2.05, 4.69) is 236 Å². The van der Waals surface area contributed by atoms with E-state index >= 15 is 0 Å². The monoisotopic (exact) mass is 1110 g/mol. The van der Waals surface area contributed by atoms with Gasteiger partial charge in [0.25, 0.3) is 0 Å². The Labute approximate surface area is 511 Å². The molecule has 10 rings (SSSR count). The second kappa shape index (κ2) is 26.2. The average Bonchev–Trinajstić information content (AvgIpc) is 1.34. The van der Waals surface area contributed by atoms with Crippen LogP contribution in [-0.2, 0) is 25.7 Å². The number of fused-ring (bicyclic) bond motifs is 16. The van der Waals surface area contributed by atoms with Crippen LogP contribution in [0.5, 0.6) is 0 Å². The van der Waals surface area contributed by atoms with Crippen LogP contribution in [0.4, 0.5) is 0 Å². The van der Waals surface area contributed by atoms with Gasteiger partial charge in [-0.3, -0.25) is 0 Å². The van der Waals surface area contributed by atoms with Crippen LogP contribution in [0.15, 0.2) is 97.1 Å². The summed E-state index contributed by atoms with van der Waals surface area (Å²) < 4.78 is 0. The first kappa shape index (κ1) is 62.3. The lowest BCUT2D eigenvalue weighted by Gasteiger charge is -2.28. The van der Waals surface area contributed by atoms with Crippen molar-refractivity contribution in [1.82, 2.24) is 0 Å². The summed E-state index contributed by atoms with van der Waals surface area (Å²) in [6.45, 7) is 46.6. The molecule has 0 saturated heterocycles. The summed E-state index contributed by atoms with van der Waals surface area (Å²) >= 11 is 0. The lowest BCUT2D eigenvalue weighted by atomic mass is 9.76. The topological polar surface area (TPSA) is 0 Å². The molecule has 8 aromatic rings. The summed E-state index contributed by atoms with van der Waals surface area (Å²) in [5.41, 5.74) is 46.8. The lowest BCUT2D eigenvalue weighted by Crippen LogP contribution is -2.12. The van der Waals surface area contributed by atoms with Gasteiger partial charge in [-0.2, -0.15) is 0 Å². The molecule has 0 N–H and O–H groups in total. The van der Waals surface area contributed by atoms with Gasteiger partial charge in [-0.05, 0) is 340 Å². The molecule has 0 heterocycles. The van der Waals surface area contributed by atoms with E-state index in [0.29, 0.717) is 23.7 Å². The molecular weight excluding hydrogens is 1010 g/mol. The third-order valence-electron chi connectivity index (χ3n) is 20.6. The fourth-order valence-electron chi connectivity index (χ4n) is 15.8. The van der Waals surface area contributed by atoms with E-state index in [1.54, 1.807) is 0 Å². The van der Waals surface area contributed by atoms with Gasteiger partial charge in [0.2, 0.25) is 0 Å². The van der Waals surface area contributed by atoms with Gasteiger partial charge >= 0.3 is 0 Å². The van der Waals surface area contributed by atoms with Gasteiger partial charge < -0.3 is 0 Å². The summed E-state index contributed by atoms with van der Waals surface area (Å²) in [7, 11) is 0. The highest BCUT2D eigenvalue weighted by atomic mass is 14.3. The van der Waals surface area contributed by atoms with Crippen LogP contribution >= 0.6 is 0 Å². The minimum atomic E-state index is 0.410. The summed E-state index contributed by atoms with van der Waals surface area (Å²) in [6, 6.07) is 40.3. The van der Waals surface area contributed by atoms with Crippen molar-refractivity contribution < 1.29 is 0 Å². The Hall–Kier alpha value is -6.24. The SMILES string of the molecule is CCCC1c2cc(c(C)cc2C)Cc2cc(c(C)cc2C)Cc2cc(c(C)cc2C)C(CCC)c2cc1c(C)cc2C.CCCC1c2cc(c(C)cc2C)Cc2cc(c(C)cc2C)Cc2cc(c(C)cc2C)C(CCC)c2cc1c(C)cc2C. The normalized spacial score (nSPS) is 16.5. The maximum atomic E-state index is 2.63. The Balaban J connectivity index is 0.000000202. The van der Waals surface area contributed by atoms with E-state index in [4.69, 9.17) is 0 Å². The van der Waals surface area contributed by atoms with E-state index in [1.807, 2.05) is 0 Å². The number of aryl methyl sites for hydroxylation is 16. The molecule has 0 spiro atoms. The zero-order valence-electron chi connectivity index (χ0n) is 56.0. The second-order valence-corrected chi connectivity index (χ2v) is 27.2. The number of rotatable bonds is 8. The summed E-state index contributed by atoms with van der Waals surface area (Å²) in [5, 5.41) is 0. The molecule has 0 amide bonds. The van der Waals surface area contributed by atoms with Gasteiger partial charge in [-0.1, -0.05) is 150 Å². The second-order valence-electron chi connectivity index (χ2n) is 27.2. The molecule has 4 atom stereocenters. The smallest absolute Gasteiger partial charge is 0.00946 e. The Morgan fingerprint density at radius 3 is 0.512 bits per heavy atom. The van der Waals surface area contributed by atoms with Crippen molar-refractivity contribution in [3.8, 4) is 0 Å². The molecule has 0 saturated carbocycles. The van der Waals surface area contributed by atoms with E-state index < -0.39 is 0 Å². The molecule has 4 unspecified atom stereocenters. The van der Waals surface area contributed by atoms with Gasteiger partial charge in [-0.15, -0.1) is 0 Å². The Bertz CT molecular complexity index is 3280. The van der Waals surface area contributed by atoms with Gasteiger partial charge in [0, 0.05) is 23.7 Å². The summed E-state index contributed by atoms with van der Waals surface area (Å²) in [5.74, 6) is 1.64. The van der Waals surface area contributed by atoms with Crippen LogP contribution in [0.1, 0.15) is 281 Å². The molecule has 0 aliphatic heterocycles. The van der Waals surface area contributed by atoms with Crippen molar-refractivity contribution in [2.75, 3.05) is 0 Å². The Morgan fingerprint density at radius 1 is 0.190 bits per heavy atom. The maximum absolute atomic E-state index is 2.63. The molecule has 0 fully saturated rings. The predicted octanol–water partition coefficient (Wildman–Crippen LogP) is 23.0. The van der Waals surface area contributed by atoms with Gasteiger partial charge in [0.15, 0.2) is 0 Å². The summed E-state index contributed by atoms with van der Waals surface area (Å²) in [6.07, 6.45) is 13.4. The number of benzene rings is 8. The van der Waals surface area contributed by atoms with Crippen molar-refractivity contribution in [2.24, 2.45) is 0 Å². The Morgan fingerprint density at radius 2 is 0.333 bits per heavy atom. The largest absolute Gasteiger partial charge is 0.0653 e. The van der Waals surface area contributed by atoms with Crippen molar-refractivity contribution >= 4 is 0 Å². The van der Waals surface area contributed by atoms with Gasteiger partial charge in [0.1, 0.15) is 0 Å². The van der Waals surface area contributed by atoms with Crippen LogP contribution in [0.2, 0.25) is 0 Å². The molecule has 2 aliphatic rings. The van der Waals surface area contributed by atoms with Crippen LogP contribution < -0.4 is 0 Å². The highest BCUT2D eigenvalue weighted by Gasteiger charge is 2.28. The standard InChI is InChI=1S/2C42H52/c2*1-11-13-37-39-22-35(27(5)16-29(39)7)20-33-19-34(26(4)15-25(33)3)21-36-23-40(30(8)17-28(36)6)38(14-12-2)42-24-41(37)31(9)18-32(42)10/h2*15-19,22-24,37-38H,11-14,20-21H2,1-10H3. The maximum Gasteiger partial charge on any atom is 0.00946 e. The highest BCUT2D eigenvalue weighted by Crippen LogP contribution is 2.44. The van der Waals surface area contributed by atoms with Crippen molar-refractivity contribution in [3.05, 3.63) is 275 Å². The third kappa shape index (κ3) is 12.8. The van der Waals surface area contributed by atoms with Crippen LogP contribution in [-0.4, -0.2) is 0 Å². The van der Waals surface area contributed by atoms with Gasteiger partial charge in [-0.25, -0.2) is 0 Å².